The van der Waals surface area contributed by atoms with Gasteiger partial charge in [0, 0.05) is 0 Å². The molecular formula is C36H75O3PS3. The molecule has 0 unspecified atom stereocenters. The van der Waals surface area contributed by atoms with Crippen molar-refractivity contribution < 1.29 is 12.5 Å². The third kappa shape index (κ3) is 23.4. The van der Waals surface area contributed by atoms with Crippen molar-refractivity contribution in [1.82, 2.24) is 0 Å². The van der Waals surface area contributed by atoms with Crippen molar-refractivity contribution in [1.29, 1.82) is 0 Å². The standard InChI is InChI=1S/C36H75O3PS3/c1-4-7-10-13-16-19-22-25-28-31-34-37-40(38-41-43-42-39-40,35-32-29-26-23-20-17-14-11-8-5-2)36-33-30-27-24-21-18-15-12-9-6-3/h4-36H2,1-3H3. The second kappa shape index (κ2) is 30.7. The molecule has 43 heavy (non-hydrogen) atoms. The van der Waals surface area contributed by atoms with E-state index in [-0.39, 0.29) is 0 Å². The van der Waals surface area contributed by atoms with Gasteiger partial charge < -0.3 is 0 Å². The summed E-state index contributed by atoms with van der Waals surface area (Å²) < 4.78 is 20.2. The Morgan fingerprint density at radius 2 is 0.651 bits per heavy atom. The molecule has 0 atom stereocenters. The Balaban J connectivity index is 2.47. The first-order chi connectivity index (χ1) is 21.2. The molecule has 0 radical (unpaired) electrons. The molecule has 260 valence electrons. The van der Waals surface area contributed by atoms with Gasteiger partial charge in [0.1, 0.15) is 0 Å². The van der Waals surface area contributed by atoms with Crippen LogP contribution in [0.25, 0.3) is 0 Å². The summed E-state index contributed by atoms with van der Waals surface area (Å²) in [7, 11) is -1.49. The molecule has 1 rings (SSSR count). The van der Waals surface area contributed by atoms with Gasteiger partial charge in [-0.05, 0) is 0 Å². The summed E-state index contributed by atoms with van der Waals surface area (Å²) in [6, 6.07) is 0. The summed E-state index contributed by atoms with van der Waals surface area (Å²) in [5.74, 6) is 0. The minimum atomic E-state index is -3.10. The first kappa shape index (κ1) is 42.4. The molecule has 0 saturated carbocycles. The molecule has 1 heterocycles. The van der Waals surface area contributed by atoms with Crippen LogP contribution < -0.4 is 0 Å². The van der Waals surface area contributed by atoms with E-state index in [1.165, 1.54) is 208 Å². The van der Waals surface area contributed by atoms with Gasteiger partial charge in [0.15, 0.2) is 0 Å². The van der Waals surface area contributed by atoms with E-state index in [4.69, 9.17) is 12.5 Å². The molecule has 1 fully saturated rings. The molecule has 0 spiro atoms. The van der Waals surface area contributed by atoms with E-state index in [0.717, 1.165) is 25.4 Å². The van der Waals surface area contributed by atoms with Crippen LogP contribution in [0.4, 0.5) is 0 Å². The Hall–Kier alpha value is 1.36. The van der Waals surface area contributed by atoms with Crippen LogP contribution in [0.2, 0.25) is 0 Å². The first-order valence-corrected chi connectivity index (χ1v) is 25.0. The summed E-state index contributed by atoms with van der Waals surface area (Å²) in [6.07, 6.45) is 42.6. The number of hydrogen-bond acceptors (Lipinski definition) is 6. The van der Waals surface area contributed by atoms with Crippen molar-refractivity contribution in [3.8, 4) is 0 Å². The fourth-order valence-corrected chi connectivity index (χ4v) is 16.6. The maximum atomic E-state index is 6.93. The van der Waals surface area contributed by atoms with Crippen LogP contribution >= 0.6 is 39.3 Å². The molecule has 0 N–H and O–H groups in total. The summed E-state index contributed by atoms with van der Waals surface area (Å²) in [5, 5.41) is 0. The zero-order valence-corrected chi connectivity index (χ0v) is 32.6. The predicted octanol–water partition coefficient (Wildman–Crippen LogP) is 16.0. The summed E-state index contributed by atoms with van der Waals surface area (Å²) >= 11 is 3.07. The van der Waals surface area contributed by atoms with Crippen LogP contribution in [0, 0.1) is 0 Å². The van der Waals surface area contributed by atoms with Gasteiger partial charge in [-0.1, -0.05) is 6.92 Å². The number of hydrogen-bond donors (Lipinski definition) is 0. The Bertz CT molecular complexity index is 550. The third-order valence-corrected chi connectivity index (χ3v) is 18.0. The van der Waals surface area contributed by atoms with E-state index in [0.29, 0.717) is 0 Å². The van der Waals surface area contributed by atoms with Crippen LogP contribution in [0.1, 0.15) is 213 Å². The quantitative estimate of drug-likeness (QED) is 0.0290. The average Bonchev–Trinajstić information content (AvgIpc) is 3.02. The van der Waals surface area contributed by atoms with Crippen molar-refractivity contribution in [2.75, 3.05) is 18.9 Å². The molecule has 0 aromatic heterocycles. The van der Waals surface area contributed by atoms with Gasteiger partial charge in [-0.25, -0.2) is 0 Å². The van der Waals surface area contributed by atoms with Gasteiger partial charge in [0.2, 0.25) is 0 Å². The molecule has 0 aromatic carbocycles. The second-order valence-electron chi connectivity index (χ2n) is 13.4. The van der Waals surface area contributed by atoms with Crippen LogP contribution in [-0.2, 0) is 12.5 Å². The molecule has 1 saturated heterocycles. The molecule has 0 aromatic rings. The fourth-order valence-electron chi connectivity index (χ4n) is 6.28. The van der Waals surface area contributed by atoms with E-state index in [2.05, 4.69) is 20.8 Å². The maximum absolute atomic E-state index is 6.93. The van der Waals surface area contributed by atoms with Gasteiger partial charge in [-0.2, -0.15) is 0 Å². The van der Waals surface area contributed by atoms with Crippen LogP contribution in [-0.4, -0.2) is 18.9 Å². The zero-order chi connectivity index (χ0) is 31.0. The van der Waals surface area contributed by atoms with Crippen LogP contribution in [0.15, 0.2) is 0 Å². The van der Waals surface area contributed by atoms with Crippen LogP contribution in [0.5, 0.6) is 0 Å². The van der Waals surface area contributed by atoms with Crippen molar-refractivity contribution in [3.05, 3.63) is 0 Å². The first-order valence-electron chi connectivity index (χ1n) is 19.3. The summed E-state index contributed by atoms with van der Waals surface area (Å²) in [6.45, 7) is 7.70. The number of rotatable bonds is 34. The van der Waals surface area contributed by atoms with Crippen molar-refractivity contribution in [2.24, 2.45) is 0 Å². The Kier molecular flexibility index (Phi) is 30.2. The Morgan fingerprint density at radius 1 is 0.372 bits per heavy atom. The Morgan fingerprint density at radius 3 is 0.977 bits per heavy atom. The molecule has 3 nitrogen and oxygen atoms in total. The van der Waals surface area contributed by atoms with Crippen molar-refractivity contribution >= 4 is 39.3 Å². The van der Waals surface area contributed by atoms with E-state index in [1.807, 2.05) is 0 Å². The van der Waals surface area contributed by atoms with Crippen molar-refractivity contribution in [2.45, 2.75) is 213 Å². The van der Waals surface area contributed by atoms with Gasteiger partial charge in [-0.3, -0.25) is 0 Å². The SMILES string of the molecule is CCCCCCCCCCCCOP1(CCCCCCCCCCCC)(CCCCCCCCCCCC)OSSSO1. The van der Waals surface area contributed by atoms with Crippen molar-refractivity contribution in [3.63, 3.8) is 0 Å². The molecule has 7 heteroatoms. The molecule has 0 bridgehead atoms. The van der Waals surface area contributed by atoms with Gasteiger partial charge in [0.25, 0.3) is 0 Å². The topological polar surface area (TPSA) is 27.7 Å². The van der Waals surface area contributed by atoms with E-state index in [9.17, 15) is 0 Å². The predicted molar refractivity (Wildman–Crippen MR) is 203 cm³/mol. The normalized spacial score (nSPS) is 17.1. The average molecular weight is 683 g/mol. The third-order valence-electron chi connectivity index (χ3n) is 9.21. The minimum absolute atomic E-state index is 0.801. The zero-order valence-electron chi connectivity index (χ0n) is 29.2. The number of unbranched alkanes of at least 4 members (excludes halogenated alkanes) is 27. The van der Waals surface area contributed by atoms with E-state index < -0.39 is 7.28 Å². The van der Waals surface area contributed by atoms with E-state index in [1.54, 1.807) is 9.83 Å². The van der Waals surface area contributed by atoms with Gasteiger partial charge >= 0.3 is 277 Å². The van der Waals surface area contributed by atoms with E-state index >= 15 is 0 Å². The fraction of sp³-hybridized carbons (Fsp3) is 1.00. The monoisotopic (exact) mass is 682 g/mol. The van der Waals surface area contributed by atoms with Gasteiger partial charge in [-0.15, -0.1) is 0 Å². The molecular weight excluding hydrogens is 608 g/mol. The summed E-state index contributed by atoms with van der Waals surface area (Å²) in [5.41, 5.74) is 0. The molecule has 1 aliphatic rings. The van der Waals surface area contributed by atoms with Crippen LogP contribution in [0.3, 0.4) is 0 Å². The molecule has 0 amide bonds. The summed E-state index contributed by atoms with van der Waals surface area (Å²) in [4.78, 5) is 0. The second-order valence-corrected chi connectivity index (χ2v) is 21.0. The molecule has 0 aliphatic carbocycles. The molecule has 1 aliphatic heterocycles. The Labute approximate surface area is 282 Å². The van der Waals surface area contributed by atoms with Gasteiger partial charge in [0.05, 0.1) is 0 Å².